The lowest BCUT2D eigenvalue weighted by molar-refractivity contribution is -0.385. The summed E-state index contributed by atoms with van der Waals surface area (Å²) in [6.07, 6.45) is 0. The number of benzene rings is 2. The SMILES string of the molecule is O=C(Nc1ccc([N+](=O)[O-])cc1F)Nc1ccc([N+](=O)[O-])cc1F. The molecule has 0 bridgehead atoms. The highest BCUT2D eigenvalue weighted by molar-refractivity contribution is 6.00. The number of amides is 2. The maximum Gasteiger partial charge on any atom is 0.323 e. The van der Waals surface area contributed by atoms with Gasteiger partial charge in [0.25, 0.3) is 11.4 Å². The summed E-state index contributed by atoms with van der Waals surface area (Å²) in [4.78, 5) is 31.1. The highest BCUT2D eigenvalue weighted by atomic mass is 19.1. The molecule has 2 N–H and O–H groups in total. The van der Waals surface area contributed by atoms with Crippen molar-refractivity contribution in [1.82, 2.24) is 0 Å². The lowest BCUT2D eigenvalue weighted by Gasteiger charge is -2.09. The van der Waals surface area contributed by atoms with Crippen molar-refractivity contribution in [2.75, 3.05) is 10.6 Å². The molecule has 0 spiro atoms. The summed E-state index contributed by atoms with van der Waals surface area (Å²) in [5.74, 6) is -2.10. The predicted octanol–water partition coefficient (Wildman–Crippen LogP) is 3.43. The third kappa shape index (κ3) is 3.76. The Kier molecular flexibility index (Phi) is 4.63. The monoisotopic (exact) mass is 338 g/mol. The van der Waals surface area contributed by atoms with Crippen molar-refractivity contribution in [2.45, 2.75) is 0 Å². The van der Waals surface area contributed by atoms with Crippen molar-refractivity contribution < 1.29 is 23.4 Å². The van der Waals surface area contributed by atoms with Crippen LogP contribution in [0.25, 0.3) is 0 Å². The maximum absolute atomic E-state index is 13.6. The van der Waals surface area contributed by atoms with Crippen LogP contribution in [0.15, 0.2) is 36.4 Å². The molecule has 2 amide bonds. The lowest BCUT2D eigenvalue weighted by atomic mass is 10.2. The van der Waals surface area contributed by atoms with Gasteiger partial charge in [0.15, 0.2) is 11.6 Å². The Hall–Kier alpha value is -3.63. The van der Waals surface area contributed by atoms with Crippen molar-refractivity contribution in [3.8, 4) is 0 Å². The number of nitro benzene ring substituents is 2. The number of non-ortho nitro benzene ring substituents is 2. The molecule has 0 saturated heterocycles. The molecule has 24 heavy (non-hydrogen) atoms. The van der Waals surface area contributed by atoms with Crippen LogP contribution in [-0.4, -0.2) is 15.9 Å². The third-order valence-corrected chi connectivity index (χ3v) is 2.82. The van der Waals surface area contributed by atoms with Crippen LogP contribution in [0.1, 0.15) is 0 Å². The van der Waals surface area contributed by atoms with E-state index < -0.39 is 38.9 Å². The Morgan fingerprint density at radius 2 is 1.21 bits per heavy atom. The number of nitrogens with one attached hydrogen (secondary N) is 2. The van der Waals surface area contributed by atoms with E-state index in [0.29, 0.717) is 12.1 Å². The van der Waals surface area contributed by atoms with Gasteiger partial charge in [0, 0.05) is 12.1 Å². The molecule has 0 aliphatic heterocycles. The summed E-state index contributed by atoms with van der Waals surface area (Å²) in [7, 11) is 0. The largest absolute Gasteiger partial charge is 0.323 e. The van der Waals surface area contributed by atoms with Gasteiger partial charge in [-0.3, -0.25) is 20.2 Å². The Morgan fingerprint density at radius 3 is 1.50 bits per heavy atom. The molecule has 124 valence electrons. The summed E-state index contributed by atoms with van der Waals surface area (Å²) in [6.45, 7) is 0. The topological polar surface area (TPSA) is 127 Å². The molecule has 2 aromatic rings. The van der Waals surface area contributed by atoms with Gasteiger partial charge in [-0.1, -0.05) is 0 Å². The predicted molar refractivity (Wildman–Crippen MR) is 78.8 cm³/mol. The van der Waals surface area contributed by atoms with Gasteiger partial charge in [0.05, 0.1) is 33.4 Å². The van der Waals surface area contributed by atoms with Crippen LogP contribution in [-0.2, 0) is 0 Å². The Balaban J connectivity index is 2.11. The molecule has 9 nitrogen and oxygen atoms in total. The number of carbonyl (C=O) groups is 1. The summed E-state index contributed by atoms with van der Waals surface area (Å²) >= 11 is 0. The molecule has 0 unspecified atom stereocenters. The maximum atomic E-state index is 13.6. The average Bonchev–Trinajstić information content (AvgIpc) is 2.50. The van der Waals surface area contributed by atoms with Crippen LogP contribution in [0.5, 0.6) is 0 Å². The van der Waals surface area contributed by atoms with Crippen molar-refractivity contribution >= 4 is 28.8 Å². The molecule has 2 rings (SSSR count). The number of urea groups is 1. The highest BCUT2D eigenvalue weighted by Crippen LogP contribution is 2.22. The highest BCUT2D eigenvalue weighted by Gasteiger charge is 2.15. The van der Waals surface area contributed by atoms with Crippen LogP contribution in [0, 0.1) is 31.9 Å². The van der Waals surface area contributed by atoms with Crippen molar-refractivity contribution in [2.24, 2.45) is 0 Å². The second-order valence-corrected chi connectivity index (χ2v) is 4.42. The van der Waals surface area contributed by atoms with Crippen LogP contribution < -0.4 is 10.6 Å². The second kappa shape index (κ2) is 6.64. The fraction of sp³-hybridized carbons (Fsp3) is 0. The van der Waals surface area contributed by atoms with Gasteiger partial charge in [-0.2, -0.15) is 0 Å². The van der Waals surface area contributed by atoms with Crippen LogP contribution in [0.3, 0.4) is 0 Å². The lowest BCUT2D eigenvalue weighted by Crippen LogP contribution is -2.20. The zero-order chi connectivity index (χ0) is 17.9. The first kappa shape index (κ1) is 16.7. The molecule has 11 heteroatoms. The molecular formula is C13H8F2N4O5. The van der Waals surface area contributed by atoms with Crippen LogP contribution in [0.4, 0.5) is 36.3 Å². The molecule has 0 aromatic heterocycles. The van der Waals surface area contributed by atoms with Crippen LogP contribution in [0.2, 0.25) is 0 Å². The zero-order valence-corrected chi connectivity index (χ0v) is 11.7. The summed E-state index contributed by atoms with van der Waals surface area (Å²) in [6, 6.07) is 4.09. The second-order valence-electron chi connectivity index (χ2n) is 4.42. The van der Waals surface area contributed by atoms with E-state index in [0.717, 1.165) is 24.3 Å². The molecule has 0 fully saturated rings. The van der Waals surface area contributed by atoms with Crippen LogP contribution >= 0.6 is 0 Å². The minimum absolute atomic E-state index is 0.361. The standard InChI is InChI=1S/C13H8F2N4O5/c14-9-5-7(18(21)22)1-3-11(9)16-13(20)17-12-4-2-8(19(23)24)6-10(12)15/h1-6H,(H2,16,17,20). The summed E-state index contributed by atoms with van der Waals surface area (Å²) in [5.41, 5.74) is -1.72. The molecule has 0 aliphatic rings. The van der Waals surface area contributed by atoms with Crippen molar-refractivity contribution in [3.63, 3.8) is 0 Å². The Labute approximate surface area is 132 Å². The number of rotatable bonds is 4. The first-order valence-corrected chi connectivity index (χ1v) is 6.24. The fourth-order valence-electron chi connectivity index (χ4n) is 1.71. The first-order chi connectivity index (χ1) is 11.3. The van der Waals surface area contributed by atoms with Crippen molar-refractivity contribution in [3.05, 3.63) is 68.3 Å². The van der Waals surface area contributed by atoms with E-state index in [4.69, 9.17) is 0 Å². The molecule has 0 heterocycles. The van der Waals surface area contributed by atoms with Gasteiger partial charge in [0.2, 0.25) is 0 Å². The van der Waals surface area contributed by atoms with Gasteiger partial charge in [-0.25, -0.2) is 13.6 Å². The van der Waals surface area contributed by atoms with E-state index in [-0.39, 0.29) is 11.4 Å². The van der Waals surface area contributed by atoms with Gasteiger partial charge in [0.1, 0.15) is 0 Å². The van der Waals surface area contributed by atoms with Crippen molar-refractivity contribution in [1.29, 1.82) is 0 Å². The zero-order valence-electron chi connectivity index (χ0n) is 11.7. The fourth-order valence-corrected chi connectivity index (χ4v) is 1.71. The van der Waals surface area contributed by atoms with Gasteiger partial charge < -0.3 is 10.6 Å². The minimum atomic E-state index is -1.05. The number of anilines is 2. The number of halogens is 2. The summed E-state index contributed by atoms with van der Waals surface area (Å²) in [5, 5.41) is 25.1. The molecule has 2 aromatic carbocycles. The molecular weight excluding hydrogens is 330 g/mol. The van der Waals surface area contributed by atoms with E-state index >= 15 is 0 Å². The molecule has 0 radical (unpaired) electrons. The van der Waals surface area contributed by atoms with E-state index in [9.17, 15) is 33.8 Å². The van der Waals surface area contributed by atoms with Gasteiger partial charge in [-0.15, -0.1) is 0 Å². The van der Waals surface area contributed by atoms with Gasteiger partial charge in [-0.05, 0) is 12.1 Å². The minimum Gasteiger partial charge on any atom is -0.305 e. The molecule has 0 atom stereocenters. The smallest absolute Gasteiger partial charge is 0.305 e. The van der Waals surface area contributed by atoms with E-state index in [1.54, 1.807) is 0 Å². The number of nitrogens with zero attached hydrogens (tertiary/aromatic N) is 2. The van der Waals surface area contributed by atoms with E-state index in [1.165, 1.54) is 0 Å². The number of carbonyl (C=O) groups excluding carboxylic acids is 1. The van der Waals surface area contributed by atoms with E-state index in [2.05, 4.69) is 0 Å². The third-order valence-electron chi connectivity index (χ3n) is 2.82. The van der Waals surface area contributed by atoms with Gasteiger partial charge >= 0.3 is 6.03 Å². The number of hydrogen-bond acceptors (Lipinski definition) is 5. The first-order valence-electron chi connectivity index (χ1n) is 6.24. The molecule has 0 saturated carbocycles. The Bertz CT molecular complexity index is 776. The van der Waals surface area contributed by atoms with E-state index in [1.807, 2.05) is 10.6 Å². The Morgan fingerprint density at radius 1 is 0.833 bits per heavy atom. The molecule has 0 aliphatic carbocycles. The number of nitro groups is 2. The quantitative estimate of drug-likeness (QED) is 0.652. The normalized spacial score (nSPS) is 10.1. The number of hydrogen-bond donors (Lipinski definition) is 2. The average molecular weight is 338 g/mol. The summed E-state index contributed by atoms with van der Waals surface area (Å²) < 4.78 is 27.3.